The molecule has 1 aliphatic rings. The standard InChI is InChI=1S/C18H24N4O3/c1-4-24-18(23)22-9-8-21(14(3)11-22)12-16-19-17(25-20-16)15-7-5-6-13(2)10-15/h5-7,10,14H,4,8-9,11-12H2,1-3H3. The molecule has 1 fully saturated rings. The third kappa shape index (κ3) is 4.17. The number of rotatable bonds is 4. The van der Waals surface area contributed by atoms with Crippen molar-refractivity contribution in [2.75, 3.05) is 26.2 Å². The molecule has 1 aromatic carbocycles. The number of hydrogen-bond donors (Lipinski definition) is 0. The Morgan fingerprint density at radius 1 is 1.40 bits per heavy atom. The van der Waals surface area contributed by atoms with Gasteiger partial charge in [0, 0.05) is 31.2 Å². The Hall–Kier alpha value is -2.41. The SMILES string of the molecule is CCOC(=O)N1CCN(Cc2noc(-c3cccc(C)c3)n2)C(C)C1. The highest BCUT2D eigenvalue weighted by Crippen LogP contribution is 2.19. The van der Waals surface area contributed by atoms with Crippen molar-refractivity contribution in [3.63, 3.8) is 0 Å². The first-order chi connectivity index (χ1) is 12.1. The lowest BCUT2D eigenvalue weighted by Crippen LogP contribution is -2.53. The quantitative estimate of drug-likeness (QED) is 0.849. The molecule has 0 saturated carbocycles. The summed E-state index contributed by atoms with van der Waals surface area (Å²) < 4.78 is 10.5. The second-order valence-electron chi connectivity index (χ2n) is 6.35. The van der Waals surface area contributed by atoms with Gasteiger partial charge < -0.3 is 14.2 Å². The van der Waals surface area contributed by atoms with Crippen LogP contribution in [0, 0.1) is 6.92 Å². The van der Waals surface area contributed by atoms with Crippen LogP contribution in [0.2, 0.25) is 0 Å². The number of carbonyl (C=O) groups excluding carboxylic acids is 1. The van der Waals surface area contributed by atoms with E-state index in [0.29, 0.717) is 38.0 Å². The Bertz CT molecular complexity index is 731. The van der Waals surface area contributed by atoms with Crippen molar-refractivity contribution >= 4 is 6.09 Å². The molecule has 1 amide bonds. The van der Waals surface area contributed by atoms with Crippen molar-refractivity contribution < 1.29 is 14.1 Å². The molecule has 1 unspecified atom stereocenters. The van der Waals surface area contributed by atoms with E-state index in [4.69, 9.17) is 9.26 Å². The van der Waals surface area contributed by atoms with Crippen LogP contribution < -0.4 is 0 Å². The first kappa shape index (κ1) is 17.4. The largest absolute Gasteiger partial charge is 0.450 e. The van der Waals surface area contributed by atoms with Gasteiger partial charge in [0.25, 0.3) is 5.89 Å². The highest BCUT2D eigenvalue weighted by atomic mass is 16.6. The number of amides is 1. The van der Waals surface area contributed by atoms with Crippen molar-refractivity contribution in [3.8, 4) is 11.5 Å². The van der Waals surface area contributed by atoms with Crippen LogP contribution >= 0.6 is 0 Å². The van der Waals surface area contributed by atoms with Crippen LogP contribution in [0.3, 0.4) is 0 Å². The number of nitrogens with zero attached hydrogens (tertiary/aromatic N) is 4. The number of benzene rings is 1. The second kappa shape index (κ2) is 7.65. The van der Waals surface area contributed by atoms with Crippen molar-refractivity contribution in [1.29, 1.82) is 0 Å². The number of hydrogen-bond acceptors (Lipinski definition) is 6. The van der Waals surface area contributed by atoms with E-state index in [1.54, 1.807) is 4.90 Å². The minimum Gasteiger partial charge on any atom is -0.450 e. The van der Waals surface area contributed by atoms with Gasteiger partial charge in [-0.1, -0.05) is 22.9 Å². The molecular weight excluding hydrogens is 320 g/mol. The minimum absolute atomic E-state index is 0.207. The van der Waals surface area contributed by atoms with Gasteiger partial charge in [0.2, 0.25) is 0 Å². The first-order valence-corrected chi connectivity index (χ1v) is 8.62. The molecule has 0 aliphatic carbocycles. The van der Waals surface area contributed by atoms with Gasteiger partial charge in [-0.05, 0) is 32.9 Å². The molecule has 7 heteroatoms. The average molecular weight is 344 g/mol. The fraction of sp³-hybridized carbons (Fsp3) is 0.500. The van der Waals surface area contributed by atoms with E-state index in [0.717, 1.165) is 17.7 Å². The predicted octanol–water partition coefficient (Wildman–Crippen LogP) is 2.71. The lowest BCUT2D eigenvalue weighted by atomic mass is 10.1. The highest BCUT2D eigenvalue weighted by molar-refractivity contribution is 5.67. The van der Waals surface area contributed by atoms with Crippen LogP contribution in [-0.2, 0) is 11.3 Å². The maximum Gasteiger partial charge on any atom is 0.409 e. The normalized spacial score (nSPS) is 18.4. The summed E-state index contributed by atoms with van der Waals surface area (Å²) in [6.45, 7) is 8.99. The summed E-state index contributed by atoms with van der Waals surface area (Å²) in [6.07, 6.45) is -0.240. The van der Waals surface area contributed by atoms with Crippen molar-refractivity contribution in [2.45, 2.75) is 33.4 Å². The molecule has 7 nitrogen and oxygen atoms in total. The maximum atomic E-state index is 11.8. The summed E-state index contributed by atoms with van der Waals surface area (Å²) >= 11 is 0. The van der Waals surface area contributed by atoms with E-state index in [1.807, 2.05) is 38.1 Å². The van der Waals surface area contributed by atoms with Crippen molar-refractivity contribution in [1.82, 2.24) is 19.9 Å². The van der Waals surface area contributed by atoms with Gasteiger partial charge in [-0.15, -0.1) is 0 Å². The molecule has 0 spiro atoms. The van der Waals surface area contributed by atoms with Gasteiger partial charge in [-0.2, -0.15) is 4.98 Å². The van der Waals surface area contributed by atoms with Crippen LogP contribution in [-0.4, -0.2) is 58.3 Å². The molecule has 0 bridgehead atoms. The summed E-state index contributed by atoms with van der Waals surface area (Å²) in [4.78, 5) is 20.4. The summed E-state index contributed by atoms with van der Waals surface area (Å²) in [6, 6.07) is 8.21. The van der Waals surface area contributed by atoms with Gasteiger partial charge in [0.15, 0.2) is 5.82 Å². The zero-order valence-electron chi connectivity index (χ0n) is 14.9. The molecule has 1 aliphatic heterocycles. The van der Waals surface area contributed by atoms with Gasteiger partial charge >= 0.3 is 6.09 Å². The summed E-state index contributed by atoms with van der Waals surface area (Å²) in [7, 11) is 0. The fourth-order valence-corrected chi connectivity index (χ4v) is 3.01. The molecule has 0 radical (unpaired) electrons. The molecule has 0 N–H and O–H groups in total. The van der Waals surface area contributed by atoms with Crippen LogP contribution in [0.4, 0.5) is 4.79 Å². The number of piperazine rings is 1. The number of carbonyl (C=O) groups is 1. The first-order valence-electron chi connectivity index (χ1n) is 8.62. The van der Waals surface area contributed by atoms with E-state index >= 15 is 0 Å². The minimum atomic E-state index is -0.240. The smallest absolute Gasteiger partial charge is 0.409 e. The Balaban J connectivity index is 1.61. The zero-order valence-corrected chi connectivity index (χ0v) is 14.9. The summed E-state index contributed by atoms with van der Waals surface area (Å²) in [5, 5.41) is 4.10. The monoisotopic (exact) mass is 344 g/mol. The van der Waals surface area contributed by atoms with E-state index in [9.17, 15) is 4.79 Å². The summed E-state index contributed by atoms with van der Waals surface area (Å²) in [5.74, 6) is 1.20. The predicted molar refractivity (Wildman–Crippen MR) is 92.9 cm³/mol. The lowest BCUT2D eigenvalue weighted by molar-refractivity contribution is 0.0531. The molecular formula is C18H24N4O3. The van der Waals surface area contributed by atoms with E-state index in [2.05, 4.69) is 22.0 Å². The highest BCUT2D eigenvalue weighted by Gasteiger charge is 2.28. The van der Waals surface area contributed by atoms with Crippen LogP contribution in [0.15, 0.2) is 28.8 Å². The van der Waals surface area contributed by atoms with Gasteiger partial charge in [-0.25, -0.2) is 4.79 Å². The third-order valence-electron chi connectivity index (χ3n) is 4.37. The van der Waals surface area contributed by atoms with Crippen molar-refractivity contribution in [2.24, 2.45) is 0 Å². The van der Waals surface area contributed by atoms with Crippen LogP contribution in [0.5, 0.6) is 0 Å². The summed E-state index contributed by atoms with van der Waals surface area (Å²) in [5.41, 5.74) is 2.08. The second-order valence-corrected chi connectivity index (χ2v) is 6.35. The average Bonchev–Trinajstić information content (AvgIpc) is 3.05. The fourth-order valence-electron chi connectivity index (χ4n) is 3.01. The molecule has 25 heavy (non-hydrogen) atoms. The Labute approximate surface area is 147 Å². The lowest BCUT2D eigenvalue weighted by Gasteiger charge is -2.38. The van der Waals surface area contributed by atoms with Crippen molar-refractivity contribution in [3.05, 3.63) is 35.7 Å². The molecule has 134 valence electrons. The molecule has 2 aromatic rings. The van der Waals surface area contributed by atoms with Gasteiger partial charge in [0.05, 0.1) is 13.2 Å². The Morgan fingerprint density at radius 3 is 2.96 bits per heavy atom. The Morgan fingerprint density at radius 2 is 2.24 bits per heavy atom. The van der Waals surface area contributed by atoms with Crippen LogP contribution in [0.1, 0.15) is 25.2 Å². The molecule has 2 heterocycles. The van der Waals surface area contributed by atoms with Gasteiger partial charge in [-0.3, -0.25) is 4.90 Å². The zero-order chi connectivity index (χ0) is 17.8. The van der Waals surface area contributed by atoms with E-state index < -0.39 is 0 Å². The number of aromatic nitrogens is 2. The molecule has 1 atom stereocenters. The number of aryl methyl sites for hydroxylation is 1. The molecule has 3 rings (SSSR count). The third-order valence-corrected chi connectivity index (χ3v) is 4.37. The maximum absolute atomic E-state index is 11.8. The van der Waals surface area contributed by atoms with E-state index in [-0.39, 0.29) is 12.1 Å². The molecule has 1 aromatic heterocycles. The van der Waals surface area contributed by atoms with Gasteiger partial charge in [0.1, 0.15) is 0 Å². The number of ether oxygens (including phenoxy) is 1. The molecule has 1 saturated heterocycles. The Kier molecular flexibility index (Phi) is 5.33. The van der Waals surface area contributed by atoms with Crippen LogP contribution in [0.25, 0.3) is 11.5 Å². The topological polar surface area (TPSA) is 71.7 Å². The van der Waals surface area contributed by atoms with E-state index in [1.165, 1.54) is 0 Å².